The maximum absolute atomic E-state index is 12.3. The Hall–Kier alpha value is -1.20. The molecule has 5 heteroatoms. The van der Waals surface area contributed by atoms with Crippen molar-refractivity contribution in [2.24, 2.45) is 5.90 Å². The second kappa shape index (κ2) is 4.88. The normalized spacial score (nSPS) is 10.9. The van der Waals surface area contributed by atoms with Crippen molar-refractivity contribution < 1.29 is 18.7 Å². The van der Waals surface area contributed by atoms with Crippen molar-refractivity contribution in [3.63, 3.8) is 0 Å². The molecule has 0 aliphatic heterocycles. The molecule has 0 atom stereocenters. The van der Waals surface area contributed by atoms with Gasteiger partial charge in [0.2, 0.25) is 0 Å². The molecule has 0 unspecified atom stereocenters. The molecule has 1 aromatic carbocycles. The molecule has 0 aliphatic carbocycles. The quantitative estimate of drug-likeness (QED) is 0.733. The first-order chi connectivity index (χ1) is 6.65. The maximum atomic E-state index is 12.3. The average molecular weight is 203 g/mol. The van der Waals surface area contributed by atoms with Crippen LogP contribution in [0.25, 0.3) is 0 Å². The number of alkyl halides is 2. The van der Waals surface area contributed by atoms with Crippen LogP contribution in [0, 0.1) is 0 Å². The van der Waals surface area contributed by atoms with Gasteiger partial charge in [0.25, 0.3) is 6.43 Å². The summed E-state index contributed by atoms with van der Waals surface area (Å²) in [7, 11) is 0. The molecule has 78 valence electrons. The van der Waals surface area contributed by atoms with E-state index < -0.39 is 12.2 Å². The van der Waals surface area contributed by atoms with Crippen LogP contribution in [0.5, 0.6) is 5.75 Å². The SMILES string of the molecule is NOCCc1ccc(O)c(C(F)F)c1. The van der Waals surface area contributed by atoms with Gasteiger partial charge in [0.05, 0.1) is 12.2 Å². The number of halogens is 2. The Labute approximate surface area is 80.1 Å². The summed E-state index contributed by atoms with van der Waals surface area (Å²) in [5, 5.41) is 9.09. The van der Waals surface area contributed by atoms with Gasteiger partial charge in [-0.1, -0.05) is 6.07 Å². The van der Waals surface area contributed by atoms with Crippen molar-refractivity contribution in [1.29, 1.82) is 0 Å². The predicted molar refractivity (Wildman–Crippen MR) is 46.9 cm³/mol. The van der Waals surface area contributed by atoms with Crippen LogP contribution in [0.4, 0.5) is 8.78 Å². The lowest BCUT2D eigenvalue weighted by Gasteiger charge is -2.06. The van der Waals surface area contributed by atoms with E-state index in [-0.39, 0.29) is 12.2 Å². The van der Waals surface area contributed by atoms with Gasteiger partial charge in [0.15, 0.2) is 0 Å². The van der Waals surface area contributed by atoms with E-state index in [4.69, 9.17) is 11.0 Å². The van der Waals surface area contributed by atoms with E-state index in [0.717, 1.165) is 0 Å². The summed E-state index contributed by atoms with van der Waals surface area (Å²) < 4.78 is 24.6. The number of phenolic OH excluding ortho intramolecular Hbond substituents is 1. The van der Waals surface area contributed by atoms with E-state index in [1.807, 2.05) is 0 Å². The minimum absolute atomic E-state index is 0.257. The van der Waals surface area contributed by atoms with Crippen molar-refractivity contribution in [3.8, 4) is 5.75 Å². The Kier molecular flexibility index (Phi) is 3.79. The molecule has 0 fully saturated rings. The van der Waals surface area contributed by atoms with Gasteiger partial charge in [-0.15, -0.1) is 0 Å². The zero-order valence-electron chi connectivity index (χ0n) is 7.41. The molecule has 0 spiro atoms. The summed E-state index contributed by atoms with van der Waals surface area (Å²) >= 11 is 0. The summed E-state index contributed by atoms with van der Waals surface area (Å²) in [6, 6.07) is 4.05. The summed E-state index contributed by atoms with van der Waals surface area (Å²) in [6.45, 7) is 0.257. The number of aromatic hydroxyl groups is 1. The van der Waals surface area contributed by atoms with Gasteiger partial charge in [-0.25, -0.2) is 14.7 Å². The third-order valence-electron chi connectivity index (χ3n) is 1.84. The second-order valence-electron chi connectivity index (χ2n) is 2.81. The number of hydrogen-bond donors (Lipinski definition) is 2. The average Bonchev–Trinajstić information content (AvgIpc) is 2.16. The Morgan fingerprint density at radius 2 is 2.14 bits per heavy atom. The topological polar surface area (TPSA) is 55.5 Å². The van der Waals surface area contributed by atoms with Crippen LogP contribution >= 0.6 is 0 Å². The molecule has 1 rings (SSSR count). The number of phenols is 1. The number of rotatable bonds is 4. The zero-order valence-corrected chi connectivity index (χ0v) is 7.41. The van der Waals surface area contributed by atoms with Crippen LogP contribution in [-0.2, 0) is 11.3 Å². The van der Waals surface area contributed by atoms with Gasteiger partial charge in [-0.3, -0.25) is 0 Å². The van der Waals surface area contributed by atoms with E-state index in [2.05, 4.69) is 4.84 Å². The van der Waals surface area contributed by atoms with Crippen molar-refractivity contribution in [1.82, 2.24) is 0 Å². The highest BCUT2D eigenvalue weighted by molar-refractivity contribution is 5.37. The van der Waals surface area contributed by atoms with Gasteiger partial charge in [0, 0.05) is 0 Å². The number of nitrogens with two attached hydrogens (primary N) is 1. The highest BCUT2D eigenvalue weighted by Crippen LogP contribution is 2.28. The fourth-order valence-electron chi connectivity index (χ4n) is 1.11. The minimum Gasteiger partial charge on any atom is -0.507 e. The molecule has 3 nitrogen and oxygen atoms in total. The highest BCUT2D eigenvalue weighted by Gasteiger charge is 2.12. The fourth-order valence-corrected chi connectivity index (χ4v) is 1.11. The largest absolute Gasteiger partial charge is 0.507 e. The first-order valence-electron chi connectivity index (χ1n) is 4.06. The van der Waals surface area contributed by atoms with Crippen LogP contribution in [0.15, 0.2) is 18.2 Å². The van der Waals surface area contributed by atoms with E-state index in [1.54, 1.807) is 6.07 Å². The van der Waals surface area contributed by atoms with Crippen LogP contribution < -0.4 is 5.90 Å². The molecular formula is C9H11F2NO2. The molecule has 0 aliphatic rings. The maximum Gasteiger partial charge on any atom is 0.267 e. The molecule has 3 N–H and O–H groups in total. The minimum atomic E-state index is -2.67. The molecule has 0 saturated carbocycles. The molecular weight excluding hydrogens is 192 g/mol. The van der Waals surface area contributed by atoms with E-state index in [0.29, 0.717) is 12.0 Å². The lowest BCUT2D eigenvalue weighted by atomic mass is 10.1. The smallest absolute Gasteiger partial charge is 0.267 e. The third-order valence-corrected chi connectivity index (χ3v) is 1.84. The van der Waals surface area contributed by atoms with Gasteiger partial charge in [-0.2, -0.15) is 0 Å². The zero-order chi connectivity index (χ0) is 10.6. The fraction of sp³-hybridized carbons (Fsp3) is 0.333. The third kappa shape index (κ3) is 2.65. The Morgan fingerprint density at radius 1 is 1.43 bits per heavy atom. The van der Waals surface area contributed by atoms with Crippen molar-refractivity contribution in [2.75, 3.05) is 6.61 Å². The van der Waals surface area contributed by atoms with E-state index in [1.165, 1.54) is 12.1 Å². The molecule has 14 heavy (non-hydrogen) atoms. The van der Waals surface area contributed by atoms with E-state index >= 15 is 0 Å². The van der Waals surface area contributed by atoms with Gasteiger partial charge in [-0.05, 0) is 24.1 Å². The van der Waals surface area contributed by atoms with E-state index in [9.17, 15) is 8.78 Å². The van der Waals surface area contributed by atoms with Crippen molar-refractivity contribution in [2.45, 2.75) is 12.8 Å². The first kappa shape index (κ1) is 10.9. The van der Waals surface area contributed by atoms with Gasteiger partial charge >= 0.3 is 0 Å². The Morgan fingerprint density at radius 3 is 2.71 bits per heavy atom. The summed E-state index contributed by atoms with van der Waals surface area (Å²) in [5.74, 6) is 4.42. The number of benzene rings is 1. The molecule has 1 aromatic rings. The summed E-state index contributed by atoms with van der Waals surface area (Å²) in [4.78, 5) is 4.33. The van der Waals surface area contributed by atoms with Crippen LogP contribution in [0.3, 0.4) is 0 Å². The van der Waals surface area contributed by atoms with Crippen molar-refractivity contribution >= 4 is 0 Å². The van der Waals surface area contributed by atoms with Crippen LogP contribution in [0.1, 0.15) is 17.6 Å². The standard InChI is InChI=1S/C9H11F2NO2/c10-9(11)7-5-6(3-4-14-12)1-2-8(7)13/h1-2,5,9,13H,3-4,12H2. The van der Waals surface area contributed by atoms with Gasteiger partial charge in [0.1, 0.15) is 5.75 Å². The Bertz CT molecular complexity index is 305. The van der Waals surface area contributed by atoms with Gasteiger partial charge < -0.3 is 9.94 Å². The molecule has 0 aromatic heterocycles. The highest BCUT2D eigenvalue weighted by atomic mass is 19.3. The molecule has 0 saturated heterocycles. The monoisotopic (exact) mass is 203 g/mol. The van der Waals surface area contributed by atoms with Crippen molar-refractivity contribution in [3.05, 3.63) is 29.3 Å². The number of hydrogen-bond acceptors (Lipinski definition) is 3. The molecule has 0 bridgehead atoms. The predicted octanol–water partition coefficient (Wildman–Crippen LogP) is 1.76. The molecule has 0 heterocycles. The summed E-state index contributed by atoms with van der Waals surface area (Å²) in [5.41, 5.74) is 0.295. The second-order valence-corrected chi connectivity index (χ2v) is 2.81. The lowest BCUT2D eigenvalue weighted by molar-refractivity contribution is 0.140. The Balaban J connectivity index is 2.83. The summed E-state index contributed by atoms with van der Waals surface area (Å²) in [6.07, 6.45) is -2.23. The van der Waals surface area contributed by atoms with Crippen LogP contribution in [0.2, 0.25) is 0 Å². The molecule has 0 amide bonds. The molecule has 0 radical (unpaired) electrons. The lowest BCUT2D eigenvalue weighted by Crippen LogP contribution is -2.04. The first-order valence-corrected chi connectivity index (χ1v) is 4.06. The van der Waals surface area contributed by atoms with Crippen LogP contribution in [-0.4, -0.2) is 11.7 Å².